The maximum absolute atomic E-state index is 12.8. The molecule has 2 heterocycles. The smallest absolute Gasteiger partial charge is 0.247 e. The third-order valence-corrected chi connectivity index (χ3v) is 2.89. The molecule has 1 fully saturated rings. The Hall–Kier alpha value is -1.75. The Labute approximate surface area is 97.9 Å². The van der Waals surface area contributed by atoms with Crippen LogP contribution in [-0.2, 0) is 6.42 Å². The molecular formula is C12H12FN3O. The van der Waals surface area contributed by atoms with Crippen LogP contribution in [0.25, 0.3) is 11.5 Å². The van der Waals surface area contributed by atoms with Crippen LogP contribution in [-0.4, -0.2) is 23.3 Å². The van der Waals surface area contributed by atoms with Gasteiger partial charge < -0.3 is 9.73 Å². The average molecular weight is 233 g/mol. The van der Waals surface area contributed by atoms with Gasteiger partial charge in [-0.05, 0) is 43.3 Å². The molecule has 1 N–H and O–H groups in total. The average Bonchev–Trinajstić information content (AvgIpc) is 2.73. The van der Waals surface area contributed by atoms with Crippen LogP contribution in [0.3, 0.4) is 0 Å². The first kappa shape index (κ1) is 10.4. The van der Waals surface area contributed by atoms with Crippen LogP contribution >= 0.6 is 0 Å². The van der Waals surface area contributed by atoms with Gasteiger partial charge in [0.1, 0.15) is 5.82 Å². The van der Waals surface area contributed by atoms with Gasteiger partial charge >= 0.3 is 0 Å². The molecule has 4 nitrogen and oxygen atoms in total. The number of benzene rings is 1. The largest absolute Gasteiger partial charge is 0.421 e. The van der Waals surface area contributed by atoms with E-state index in [0.717, 1.165) is 25.1 Å². The quantitative estimate of drug-likeness (QED) is 0.875. The number of nitrogens with one attached hydrogen (secondary N) is 1. The molecule has 3 rings (SSSR count). The number of rotatable bonds is 3. The van der Waals surface area contributed by atoms with Crippen LogP contribution in [0.15, 0.2) is 28.7 Å². The monoisotopic (exact) mass is 233 g/mol. The molecule has 5 heteroatoms. The zero-order chi connectivity index (χ0) is 11.7. The van der Waals surface area contributed by atoms with Crippen molar-refractivity contribution in [2.75, 3.05) is 13.1 Å². The Morgan fingerprint density at radius 1 is 1.24 bits per heavy atom. The molecule has 88 valence electrons. The minimum atomic E-state index is -0.269. The lowest BCUT2D eigenvalue weighted by atomic mass is 10.00. The Morgan fingerprint density at radius 3 is 2.65 bits per heavy atom. The fourth-order valence-corrected chi connectivity index (χ4v) is 1.78. The van der Waals surface area contributed by atoms with E-state index in [1.807, 2.05) is 0 Å². The summed E-state index contributed by atoms with van der Waals surface area (Å²) in [5, 5.41) is 11.2. The summed E-state index contributed by atoms with van der Waals surface area (Å²) in [5.41, 5.74) is 0.747. The van der Waals surface area contributed by atoms with Crippen LogP contribution in [0.1, 0.15) is 5.89 Å². The Bertz CT molecular complexity index is 505. The van der Waals surface area contributed by atoms with Crippen molar-refractivity contribution in [3.63, 3.8) is 0 Å². The van der Waals surface area contributed by atoms with Crippen LogP contribution < -0.4 is 5.32 Å². The summed E-state index contributed by atoms with van der Waals surface area (Å²) in [4.78, 5) is 0. The normalized spacial score (nSPS) is 15.8. The van der Waals surface area contributed by atoms with Crippen molar-refractivity contribution in [3.05, 3.63) is 36.0 Å². The molecule has 0 atom stereocenters. The van der Waals surface area contributed by atoms with E-state index in [1.165, 1.54) is 12.1 Å². The molecule has 0 unspecified atom stereocenters. The highest BCUT2D eigenvalue weighted by Crippen LogP contribution is 2.20. The summed E-state index contributed by atoms with van der Waals surface area (Å²) in [6, 6.07) is 6.04. The van der Waals surface area contributed by atoms with Crippen molar-refractivity contribution in [1.29, 1.82) is 0 Å². The van der Waals surface area contributed by atoms with E-state index >= 15 is 0 Å². The highest BCUT2D eigenvalue weighted by molar-refractivity contribution is 5.51. The predicted molar refractivity (Wildman–Crippen MR) is 59.8 cm³/mol. The molecule has 0 aliphatic carbocycles. The van der Waals surface area contributed by atoms with Gasteiger partial charge in [-0.2, -0.15) is 0 Å². The lowest BCUT2D eigenvalue weighted by molar-refractivity contribution is 0.319. The fraction of sp³-hybridized carbons (Fsp3) is 0.333. The second-order valence-electron chi connectivity index (χ2n) is 4.24. The van der Waals surface area contributed by atoms with Gasteiger partial charge in [0, 0.05) is 12.0 Å². The fourth-order valence-electron chi connectivity index (χ4n) is 1.78. The molecule has 1 aliphatic heterocycles. The van der Waals surface area contributed by atoms with Crippen molar-refractivity contribution in [2.24, 2.45) is 5.92 Å². The van der Waals surface area contributed by atoms with Crippen molar-refractivity contribution in [2.45, 2.75) is 6.42 Å². The molecule has 0 saturated carbocycles. The van der Waals surface area contributed by atoms with Crippen LogP contribution in [0, 0.1) is 11.7 Å². The number of aromatic nitrogens is 2. The van der Waals surface area contributed by atoms with Gasteiger partial charge in [0.15, 0.2) is 0 Å². The summed E-state index contributed by atoms with van der Waals surface area (Å²) in [5.74, 6) is 1.42. The molecule has 17 heavy (non-hydrogen) atoms. The Morgan fingerprint density at radius 2 is 2.00 bits per heavy atom. The Balaban J connectivity index is 1.76. The Kier molecular flexibility index (Phi) is 2.60. The standard InChI is InChI=1S/C12H12FN3O/c13-10-3-1-9(2-4-10)12-16-15-11(17-12)5-8-6-14-7-8/h1-4,8,14H,5-7H2. The van der Waals surface area contributed by atoms with E-state index in [2.05, 4.69) is 15.5 Å². The van der Waals surface area contributed by atoms with Crippen molar-refractivity contribution >= 4 is 0 Å². The van der Waals surface area contributed by atoms with Gasteiger partial charge in [0.05, 0.1) is 0 Å². The summed E-state index contributed by atoms with van der Waals surface area (Å²) >= 11 is 0. The molecule has 0 amide bonds. The van der Waals surface area contributed by atoms with Gasteiger partial charge in [-0.25, -0.2) is 4.39 Å². The van der Waals surface area contributed by atoms with Crippen LogP contribution in [0.4, 0.5) is 4.39 Å². The van der Waals surface area contributed by atoms with E-state index in [0.29, 0.717) is 17.7 Å². The third kappa shape index (κ3) is 2.19. The molecule has 1 saturated heterocycles. The molecule has 1 aromatic heterocycles. The second kappa shape index (κ2) is 4.25. The molecule has 0 radical (unpaired) electrons. The van der Waals surface area contributed by atoms with E-state index in [9.17, 15) is 4.39 Å². The number of hydrogen-bond donors (Lipinski definition) is 1. The van der Waals surface area contributed by atoms with Gasteiger partial charge in [0.25, 0.3) is 0 Å². The maximum atomic E-state index is 12.8. The minimum absolute atomic E-state index is 0.269. The van der Waals surface area contributed by atoms with Gasteiger partial charge in [-0.1, -0.05) is 0 Å². The highest BCUT2D eigenvalue weighted by atomic mass is 19.1. The first-order valence-corrected chi connectivity index (χ1v) is 5.60. The maximum Gasteiger partial charge on any atom is 0.247 e. The van der Waals surface area contributed by atoms with E-state index < -0.39 is 0 Å². The molecule has 1 aromatic carbocycles. The summed E-state index contributed by atoms with van der Waals surface area (Å²) in [7, 11) is 0. The minimum Gasteiger partial charge on any atom is -0.421 e. The molecular weight excluding hydrogens is 221 g/mol. The van der Waals surface area contributed by atoms with Crippen molar-refractivity contribution in [3.8, 4) is 11.5 Å². The molecule has 0 bridgehead atoms. The second-order valence-corrected chi connectivity index (χ2v) is 4.24. The first-order chi connectivity index (χ1) is 8.31. The number of nitrogens with zero attached hydrogens (tertiary/aromatic N) is 2. The predicted octanol–water partition coefficient (Wildman–Crippen LogP) is 1.64. The molecule has 0 spiro atoms. The summed E-state index contributed by atoms with van der Waals surface area (Å²) < 4.78 is 18.3. The van der Waals surface area contributed by atoms with E-state index in [1.54, 1.807) is 12.1 Å². The first-order valence-electron chi connectivity index (χ1n) is 5.60. The van der Waals surface area contributed by atoms with Gasteiger partial charge in [0.2, 0.25) is 11.8 Å². The van der Waals surface area contributed by atoms with Crippen molar-refractivity contribution < 1.29 is 8.81 Å². The number of halogens is 1. The number of hydrogen-bond acceptors (Lipinski definition) is 4. The van der Waals surface area contributed by atoms with E-state index in [4.69, 9.17) is 4.42 Å². The lowest BCUT2D eigenvalue weighted by Gasteiger charge is -2.25. The lowest BCUT2D eigenvalue weighted by Crippen LogP contribution is -2.43. The zero-order valence-electron chi connectivity index (χ0n) is 9.19. The zero-order valence-corrected chi connectivity index (χ0v) is 9.19. The van der Waals surface area contributed by atoms with Crippen LogP contribution in [0.2, 0.25) is 0 Å². The summed E-state index contributed by atoms with van der Waals surface area (Å²) in [6.07, 6.45) is 0.807. The molecule has 2 aromatic rings. The highest BCUT2D eigenvalue weighted by Gasteiger charge is 2.20. The van der Waals surface area contributed by atoms with Crippen molar-refractivity contribution in [1.82, 2.24) is 15.5 Å². The molecule has 1 aliphatic rings. The third-order valence-electron chi connectivity index (χ3n) is 2.89. The topological polar surface area (TPSA) is 51.0 Å². The summed E-state index contributed by atoms with van der Waals surface area (Å²) in [6.45, 7) is 2.02. The SMILES string of the molecule is Fc1ccc(-c2nnc(CC3CNC3)o2)cc1. The van der Waals surface area contributed by atoms with Gasteiger partial charge in [-0.15, -0.1) is 10.2 Å². The van der Waals surface area contributed by atoms with Gasteiger partial charge in [-0.3, -0.25) is 0 Å². The van der Waals surface area contributed by atoms with Crippen LogP contribution in [0.5, 0.6) is 0 Å². The van der Waals surface area contributed by atoms with E-state index in [-0.39, 0.29) is 5.82 Å².